The second kappa shape index (κ2) is 8.88. The number of rotatable bonds is 8. The summed E-state index contributed by atoms with van der Waals surface area (Å²) < 4.78 is 5.94. The fraction of sp³-hybridized carbons (Fsp3) is 0.524. The van der Waals surface area contributed by atoms with E-state index in [-0.39, 0.29) is 0 Å². The lowest BCUT2D eigenvalue weighted by atomic mass is 10.0. The van der Waals surface area contributed by atoms with E-state index in [1.165, 1.54) is 11.9 Å². The zero-order valence-electron chi connectivity index (χ0n) is 16.9. The molecule has 0 spiro atoms. The van der Waals surface area contributed by atoms with Crippen molar-refractivity contribution in [3.8, 4) is 11.6 Å². The fourth-order valence-electron chi connectivity index (χ4n) is 2.87. The standard InChI is InChI=1S/C21H32N4O/c1-14(2)11-25(12-15(3)4)20-19(22)21(24-13-23-20)26-18-9-7-17(8-10-18)16(5)6/h7-10,13-16H,11-12,22H2,1-6H3. The van der Waals surface area contributed by atoms with Gasteiger partial charge in [-0.25, -0.2) is 4.98 Å². The molecule has 26 heavy (non-hydrogen) atoms. The van der Waals surface area contributed by atoms with Gasteiger partial charge in [-0.1, -0.05) is 53.7 Å². The number of ether oxygens (including phenoxy) is 1. The molecule has 2 aromatic rings. The van der Waals surface area contributed by atoms with E-state index in [2.05, 4.69) is 68.5 Å². The minimum absolute atomic E-state index is 0.407. The number of hydrogen-bond acceptors (Lipinski definition) is 5. The smallest absolute Gasteiger partial charge is 0.248 e. The van der Waals surface area contributed by atoms with Crippen LogP contribution in [0.25, 0.3) is 0 Å². The first-order valence-corrected chi connectivity index (χ1v) is 9.41. The van der Waals surface area contributed by atoms with Crippen molar-refractivity contribution in [2.24, 2.45) is 11.8 Å². The predicted octanol–water partition coefficient (Wildman–Crippen LogP) is 5.09. The van der Waals surface area contributed by atoms with Gasteiger partial charge in [0.25, 0.3) is 0 Å². The maximum Gasteiger partial charge on any atom is 0.248 e. The molecule has 0 aliphatic rings. The van der Waals surface area contributed by atoms with Gasteiger partial charge in [-0.15, -0.1) is 0 Å². The van der Waals surface area contributed by atoms with Crippen LogP contribution in [0.4, 0.5) is 11.5 Å². The highest BCUT2D eigenvalue weighted by molar-refractivity contribution is 5.68. The SMILES string of the molecule is CC(C)CN(CC(C)C)c1ncnc(Oc2ccc(C(C)C)cc2)c1N. The molecule has 0 saturated carbocycles. The third-order valence-corrected chi connectivity index (χ3v) is 4.06. The number of anilines is 2. The lowest BCUT2D eigenvalue weighted by molar-refractivity contribution is 0.463. The highest BCUT2D eigenvalue weighted by atomic mass is 16.5. The summed E-state index contributed by atoms with van der Waals surface area (Å²) in [4.78, 5) is 10.9. The fourth-order valence-corrected chi connectivity index (χ4v) is 2.87. The molecule has 0 radical (unpaired) electrons. The Kier molecular flexibility index (Phi) is 6.83. The lowest BCUT2D eigenvalue weighted by Crippen LogP contribution is -2.32. The zero-order valence-corrected chi connectivity index (χ0v) is 16.9. The zero-order chi connectivity index (χ0) is 19.3. The van der Waals surface area contributed by atoms with Gasteiger partial charge in [-0.05, 0) is 35.4 Å². The summed E-state index contributed by atoms with van der Waals surface area (Å²) in [6, 6.07) is 8.05. The quantitative estimate of drug-likeness (QED) is 0.713. The monoisotopic (exact) mass is 356 g/mol. The summed E-state index contributed by atoms with van der Waals surface area (Å²) in [5.41, 5.74) is 8.13. The molecule has 5 nitrogen and oxygen atoms in total. The van der Waals surface area contributed by atoms with E-state index >= 15 is 0 Å². The van der Waals surface area contributed by atoms with Gasteiger partial charge >= 0.3 is 0 Å². The molecule has 2 N–H and O–H groups in total. The highest BCUT2D eigenvalue weighted by Crippen LogP contribution is 2.32. The molecule has 5 heteroatoms. The first kappa shape index (κ1) is 20.0. The minimum Gasteiger partial charge on any atom is -0.437 e. The number of nitrogens with zero attached hydrogens (tertiary/aromatic N) is 3. The number of aromatic nitrogens is 2. The molecule has 0 fully saturated rings. The predicted molar refractivity (Wildman–Crippen MR) is 109 cm³/mol. The van der Waals surface area contributed by atoms with Crippen LogP contribution in [0, 0.1) is 11.8 Å². The number of benzene rings is 1. The van der Waals surface area contributed by atoms with Crippen molar-refractivity contribution in [2.75, 3.05) is 23.7 Å². The first-order valence-electron chi connectivity index (χ1n) is 9.41. The van der Waals surface area contributed by atoms with E-state index in [0.717, 1.165) is 24.7 Å². The number of nitrogen functional groups attached to an aromatic ring is 1. The molecular weight excluding hydrogens is 324 g/mol. The molecule has 1 heterocycles. The van der Waals surface area contributed by atoms with Gasteiger partial charge in [-0.2, -0.15) is 4.98 Å². The van der Waals surface area contributed by atoms with Gasteiger partial charge in [0.05, 0.1) is 0 Å². The summed E-state index contributed by atoms with van der Waals surface area (Å²) in [6.07, 6.45) is 1.52. The Labute approximate surface area is 157 Å². The second-order valence-corrected chi connectivity index (χ2v) is 7.93. The Morgan fingerprint density at radius 2 is 1.50 bits per heavy atom. The van der Waals surface area contributed by atoms with Crippen LogP contribution in [-0.2, 0) is 0 Å². The summed E-state index contributed by atoms with van der Waals surface area (Å²) in [7, 11) is 0. The Hall–Kier alpha value is -2.30. The van der Waals surface area contributed by atoms with Crippen molar-refractivity contribution >= 4 is 11.5 Å². The molecule has 0 aliphatic carbocycles. The molecule has 0 amide bonds. The Bertz CT molecular complexity index is 686. The Morgan fingerprint density at radius 3 is 2.00 bits per heavy atom. The van der Waals surface area contributed by atoms with Gasteiger partial charge < -0.3 is 15.4 Å². The van der Waals surface area contributed by atoms with Crippen molar-refractivity contribution in [1.82, 2.24) is 9.97 Å². The van der Waals surface area contributed by atoms with Gasteiger partial charge in [0, 0.05) is 13.1 Å². The third-order valence-electron chi connectivity index (χ3n) is 4.06. The average Bonchev–Trinajstić information content (AvgIpc) is 2.56. The second-order valence-electron chi connectivity index (χ2n) is 7.93. The van der Waals surface area contributed by atoms with Crippen LogP contribution in [-0.4, -0.2) is 23.1 Å². The maximum atomic E-state index is 6.37. The first-order chi connectivity index (χ1) is 12.3. The average molecular weight is 357 g/mol. The Morgan fingerprint density at radius 1 is 0.923 bits per heavy atom. The van der Waals surface area contributed by atoms with Crippen molar-refractivity contribution in [2.45, 2.75) is 47.5 Å². The van der Waals surface area contributed by atoms with Gasteiger partial charge in [0.1, 0.15) is 17.8 Å². The Balaban J connectivity index is 2.26. The van der Waals surface area contributed by atoms with Crippen LogP contribution < -0.4 is 15.4 Å². The normalized spacial score (nSPS) is 11.4. The van der Waals surface area contributed by atoms with Crippen LogP contribution in [0.2, 0.25) is 0 Å². The van der Waals surface area contributed by atoms with Gasteiger partial charge in [0.2, 0.25) is 5.88 Å². The van der Waals surface area contributed by atoms with E-state index < -0.39 is 0 Å². The highest BCUT2D eigenvalue weighted by Gasteiger charge is 2.18. The molecule has 1 aromatic carbocycles. The summed E-state index contributed by atoms with van der Waals surface area (Å²) in [5.74, 6) is 3.39. The number of nitrogens with two attached hydrogens (primary N) is 1. The minimum atomic E-state index is 0.407. The molecule has 0 bridgehead atoms. The molecule has 2 rings (SSSR count). The van der Waals surface area contributed by atoms with Crippen LogP contribution in [0.5, 0.6) is 11.6 Å². The van der Waals surface area contributed by atoms with Crippen LogP contribution in [0.15, 0.2) is 30.6 Å². The van der Waals surface area contributed by atoms with Crippen LogP contribution >= 0.6 is 0 Å². The maximum absolute atomic E-state index is 6.37. The molecule has 0 aliphatic heterocycles. The molecule has 0 unspecified atom stereocenters. The van der Waals surface area contributed by atoms with Crippen molar-refractivity contribution in [3.05, 3.63) is 36.2 Å². The largest absolute Gasteiger partial charge is 0.437 e. The molecular formula is C21H32N4O. The third kappa shape index (κ3) is 5.35. The molecule has 1 aromatic heterocycles. The molecule has 142 valence electrons. The van der Waals surface area contributed by atoms with E-state index in [1.807, 2.05) is 12.1 Å². The van der Waals surface area contributed by atoms with Gasteiger partial charge in [0.15, 0.2) is 5.82 Å². The van der Waals surface area contributed by atoms with Gasteiger partial charge in [-0.3, -0.25) is 0 Å². The van der Waals surface area contributed by atoms with Crippen LogP contribution in [0.1, 0.15) is 53.0 Å². The summed E-state index contributed by atoms with van der Waals surface area (Å²) in [6.45, 7) is 14.9. The summed E-state index contributed by atoms with van der Waals surface area (Å²) in [5, 5.41) is 0. The van der Waals surface area contributed by atoms with Crippen molar-refractivity contribution < 1.29 is 4.74 Å². The van der Waals surface area contributed by atoms with E-state index in [4.69, 9.17) is 10.5 Å². The molecule has 0 saturated heterocycles. The van der Waals surface area contributed by atoms with Crippen LogP contribution in [0.3, 0.4) is 0 Å². The van der Waals surface area contributed by atoms with E-state index in [0.29, 0.717) is 29.3 Å². The van der Waals surface area contributed by atoms with E-state index in [1.54, 1.807) is 0 Å². The molecule has 0 atom stereocenters. The lowest BCUT2D eigenvalue weighted by Gasteiger charge is -2.28. The van der Waals surface area contributed by atoms with E-state index in [9.17, 15) is 0 Å². The number of hydrogen-bond donors (Lipinski definition) is 1. The summed E-state index contributed by atoms with van der Waals surface area (Å²) >= 11 is 0. The van der Waals surface area contributed by atoms with Crippen molar-refractivity contribution in [3.63, 3.8) is 0 Å². The van der Waals surface area contributed by atoms with Crippen molar-refractivity contribution in [1.29, 1.82) is 0 Å². The topological polar surface area (TPSA) is 64.3 Å².